The van der Waals surface area contributed by atoms with Gasteiger partial charge >= 0.3 is 0 Å². The molecule has 1 aromatic rings. The maximum atomic E-state index is 11.9. The van der Waals surface area contributed by atoms with Gasteiger partial charge in [-0.3, -0.25) is 4.79 Å². The van der Waals surface area contributed by atoms with Crippen LogP contribution in [0, 0.1) is 13.8 Å². The number of rotatable bonds is 7. The van der Waals surface area contributed by atoms with E-state index in [1.54, 1.807) is 7.05 Å². The normalized spacial score (nSPS) is 12.1. The fourth-order valence-electron chi connectivity index (χ4n) is 1.78. The van der Waals surface area contributed by atoms with Gasteiger partial charge in [0.05, 0.1) is 12.7 Å². The Hall–Kier alpha value is -1.59. The smallest absolute Gasteiger partial charge is 0.260 e. The standard InChI is InChI=1S/C15H23NO4/c1-11-5-6-12(2)14(7-11)20-10-15(18)16(3)8-13(17)9-19-4/h5-7,13,17H,8-10H2,1-4H3. The molecular weight excluding hydrogens is 258 g/mol. The van der Waals surface area contributed by atoms with Crippen LogP contribution >= 0.6 is 0 Å². The van der Waals surface area contributed by atoms with Crippen LogP contribution in [0.3, 0.4) is 0 Å². The molecule has 1 rings (SSSR count). The SMILES string of the molecule is COCC(O)CN(C)C(=O)COc1cc(C)ccc1C. The highest BCUT2D eigenvalue weighted by Crippen LogP contribution is 2.18. The van der Waals surface area contributed by atoms with E-state index >= 15 is 0 Å². The largest absolute Gasteiger partial charge is 0.483 e. The number of carbonyl (C=O) groups is 1. The van der Waals surface area contributed by atoms with Crippen molar-refractivity contribution in [1.29, 1.82) is 0 Å². The molecule has 1 aromatic carbocycles. The van der Waals surface area contributed by atoms with Crippen molar-refractivity contribution in [2.75, 3.05) is 33.9 Å². The van der Waals surface area contributed by atoms with Gasteiger partial charge in [0, 0.05) is 20.7 Å². The van der Waals surface area contributed by atoms with E-state index < -0.39 is 6.10 Å². The fourth-order valence-corrected chi connectivity index (χ4v) is 1.78. The van der Waals surface area contributed by atoms with E-state index in [9.17, 15) is 9.90 Å². The summed E-state index contributed by atoms with van der Waals surface area (Å²) in [6, 6.07) is 5.86. The number of aliphatic hydroxyl groups excluding tert-OH is 1. The number of ether oxygens (including phenoxy) is 2. The lowest BCUT2D eigenvalue weighted by molar-refractivity contribution is -0.133. The summed E-state index contributed by atoms with van der Waals surface area (Å²) in [4.78, 5) is 13.3. The second-order valence-corrected chi connectivity index (χ2v) is 4.94. The first kappa shape index (κ1) is 16.5. The van der Waals surface area contributed by atoms with Crippen LogP contribution < -0.4 is 4.74 Å². The molecule has 0 bridgehead atoms. The molecule has 0 aliphatic rings. The molecule has 1 N–H and O–H groups in total. The van der Waals surface area contributed by atoms with E-state index in [0.29, 0.717) is 5.75 Å². The molecular formula is C15H23NO4. The molecule has 0 aromatic heterocycles. The summed E-state index contributed by atoms with van der Waals surface area (Å²) >= 11 is 0. The number of hydrogen-bond acceptors (Lipinski definition) is 4. The lowest BCUT2D eigenvalue weighted by Crippen LogP contribution is -2.38. The molecule has 0 saturated heterocycles. The molecule has 0 spiro atoms. The predicted octanol–water partition coefficient (Wildman–Crippen LogP) is 1.15. The highest BCUT2D eigenvalue weighted by molar-refractivity contribution is 5.77. The van der Waals surface area contributed by atoms with Gasteiger partial charge < -0.3 is 19.5 Å². The van der Waals surface area contributed by atoms with Crippen molar-refractivity contribution in [2.24, 2.45) is 0 Å². The minimum atomic E-state index is -0.686. The third-order valence-corrected chi connectivity index (χ3v) is 2.96. The van der Waals surface area contributed by atoms with Crippen molar-refractivity contribution in [3.63, 3.8) is 0 Å². The van der Waals surface area contributed by atoms with Crippen LogP contribution in [0.5, 0.6) is 5.75 Å². The zero-order valence-corrected chi connectivity index (χ0v) is 12.5. The van der Waals surface area contributed by atoms with Crippen LogP contribution in [-0.2, 0) is 9.53 Å². The van der Waals surface area contributed by atoms with Gasteiger partial charge in [-0.25, -0.2) is 0 Å². The van der Waals surface area contributed by atoms with E-state index in [0.717, 1.165) is 11.1 Å². The lowest BCUT2D eigenvalue weighted by Gasteiger charge is -2.20. The highest BCUT2D eigenvalue weighted by atomic mass is 16.5. The Morgan fingerprint density at radius 3 is 2.75 bits per heavy atom. The zero-order chi connectivity index (χ0) is 15.1. The van der Waals surface area contributed by atoms with Crippen LogP contribution in [0.2, 0.25) is 0 Å². The van der Waals surface area contributed by atoms with Crippen molar-refractivity contribution in [1.82, 2.24) is 4.90 Å². The van der Waals surface area contributed by atoms with Gasteiger partial charge in [-0.15, -0.1) is 0 Å². The summed E-state index contributed by atoms with van der Waals surface area (Å²) in [5.41, 5.74) is 2.08. The van der Waals surface area contributed by atoms with Crippen molar-refractivity contribution in [3.05, 3.63) is 29.3 Å². The van der Waals surface area contributed by atoms with Gasteiger partial charge in [0.25, 0.3) is 5.91 Å². The Morgan fingerprint density at radius 2 is 2.10 bits per heavy atom. The van der Waals surface area contributed by atoms with E-state index in [2.05, 4.69) is 0 Å². The Bertz CT molecular complexity index is 447. The molecule has 1 unspecified atom stereocenters. The van der Waals surface area contributed by atoms with E-state index in [4.69, 9.17) is 9.47 Å². The predicted molar refractivity (Wildman–Crippen MR) is 76.9 cm³/mol. The molecule has 0 aliphatic carbocycles. The maximum Gasteiger partial charge on any atom is 0.260 e. The quantitative estimate of drug-likeness (QED) is 0.814. The highest BCUT2D eigenvalue weighted by Gasteiger charge is 2.14. The van der Waals surface area contributed by atoms with Crippen LogP contribution in [0.1, 0.15) is 11.1 Å². The average Bonchev–Trinajstić information content (AvgIpc) is 2.39. The van der Waals surface area contributed by atoms with Crippen LogP contribution in [0.25, 0.3) is 0 Å². The summed E-state index contributed by atoms with van der Waals surface area (Å²) in [6.07, 6.45) is -0.686. The molecule has 0 radical (unpaired) electrons. The monoisotopic (exact) mass is 281 g/mol. The summed E-state index contributed by atoms with van der Waals surface area (Å²) in [7, 11) is 3.14. The first-order valence-corrected chi connectivity index (χ1v) is 6.55. The number of amides is 1. The molecule has 5 heteroatoms. The summed E-state index contributed by atoms with van der Waals surface area (Å²) in [5.74, 6) is 0.533. The van der Waals surface area contributed by atoms with Crippen molar-refractivity contribution >= 4 is 5.91 Å². The number of methoxy groups -OCH3 is 1. The van der Waals surface area contributed by atoms with E-state index in [1.165, 1.54) is 12.0 Å². The van der Waals surface area contributed by atoms with Crippen LogP contribution in [0.15, 0.2) is 18.2 Å². The Morgan fingerprint density at radius 1 is 1.40 bits per heavy atom. The second kappa shape index (κ2) is 7.87. The molecule has 5 nitrogen and oxygen atoms in total. The second-order valence-electron chi connectivity index (χ2n) is 4.94. The Kier molecular flexibility index (Phi) is 6.48. The number of carbonyl (C=O) groups excluding carboxylic acids is 1. The van der Waals surface area contributed by atoms with Crippen LogP contribution in [0.4, 0.5) is 0 Å². The first-order chi connectivity index (χ1) is 9.43. The van der Waals surface area contributed by atoms with Crippen molar-refractivity contribution in [3.8, 4) is 5.75 Å². The molecule has 1 amide bonds. The number of likely N-dealkylation sites (N-methyl/N-ethyl adjacent to an activating group) is 1. The number of aliphatic hydroxyl groups is 1. The third-order valence-electron chi connectivity index (χ3n) is 2.96. The minimum Gasteiger partial charge on any atom is -0.483 e. The van der Waals surface area contributed by atoms with Gasteiger partial charge in [-0.2, -0.15) is 0 Å². The molecule has 112 valence electrons. The molecule has 0 fully saturated rings. The first-order valence-electron chi connectivity index (χ1n) is 6.55. The number of hydrogen-bond donors (Lipinski definition) is 1. The van der Waals surface area contributed by atoms with Gasteiger partial charge in [0.2, 0.25) is 0 Å². The van der Waals surface area contributed by atoms with Gasteiger partial charge in [-0.1, -0.05) is 12.1 Å². The zero-order valence-electron chi connectivity index (χ0n) is 12.5. The molecule has 0 saturated carbocycles. The summed E-state index contributed by atoms with van der Waals surface area (Å²) < 4.78 is 10.4. The Labute approximate surface area is 120 Å². The van der Waals surface area contributed by atoms with E-state index in [1.807, 2.05) is 32.0 Å². The number of aryl methyl sites for hydroxylation is 2. The van der Waals surface area contributed by atoms with Gasteiger partial charge in [0.1, 0.15) is 5.75 Å². The third kappa shape index (κ3) is 5.19. The Balaban J connectivity index is 2.48. The van der Waals surface area contributed by atoms with Crippen molar-refractivity contribution in [2.45, 2.75) is 20.0 Å². The topological polar surface area (TPSA) is 59.0 Å². The summed E-state index contributed by atoms with van der Waals surface area (Å²) in [5, 5.41) is 9.57. The number of nitrogens with zero attached hydrogens (tertiary/aromatic N) is 1. The molecule has 1 atom stereocenters. The lowest BCUT2D eigenvalue weighted by atomic mass is 10.1. The molecule has 0 aliphatic heterocycles. The fraction of sp³-hybridized carbons (Fsp3) is 0.533. The van der Waals surface area contributed by atoms with E-state index in [-0.39, 0.29) is 25.7 Å². The molecule has 20 heavy (non-hydrogen) atoms. The van der Waals surface area contributed by atoms with Crippen molar-refractivity contribution < 1.29 is 19.4 Å². The minimum absolute atomic E-state index is 0.0412. The van der Waals surface area contributed by atoms with Gasteiger partial charge in [0.15, 0.2) is 6.61 Å². The average molecular weight is 281 g/mol. The number of benzene rings is 1. The maximum absolute atomic E-state index is 11.9. The molecule has 0 heterocycles. The van der Waals surface area contributed by atoms with Gasteiger partial charge in [-0.05, 0) is 31.0 Å². The summed E-state index contributed by atoms with van der Waals surface area (Å²) in [6.45, 7) is 4.30. The van der Waals surface area contributed by atoms with Crippen LogP contribution in [-0.4, -0.2) is 55.9 Å².